The van der Waals surface area contributed by atoms with Crippen molar-refractivity contribution in [1.82, 2.24) is 4.90 Å². The molecule has 4 heteroatoms. The molecule has 1 unspecified atom stereocenters. The van der Waals surface area contributed by atoms with E-state index in [1.54, 1.807) is 30.3 Å². The number of carbonyl (C=O) groups is 1. The predicted octanol–water partition coefficient (Wildman–Crippen LogP) is 3.30. The lowest BCUT2D eigenvalue weighted by molar-refractivity contribution is -0.132. The Bertz CT molecular complexity index is 624. The van der Waals surface area contributed by atoms with Gasteiger partial charge in [0.25, 0.3) is 0 Å². The number of nitriles is 1. The quantitative estimate of drug-likeness (QED) is 0.845. The number of aryl methyl sites for hydroxylation is 1. The number of nitrogens with zero attached hydrogens (tertiary/aromatic N) is 2. The first kappa shape index (κ1) is 14.9. The molecule has 0 aliphatic carbocycles. The van der Waals surface area contributed by atoms with Crippen molar-refractivity contribution in [3.05, 3.63) is 59.5 Å². The fourth-order valence-corrected chi connectivity index (χ4v) is 2.11. The fraction of sp³-hybridized carbons (Fsp3) is 0.294. The van der Waals surface area contributed by atoms with E-state index in [0.29, 0.717) is 18.4 Å². The number of carbonyl (C=O) groups excluding carboxylic acids is 1. The molecule has 1 heterocycles. The van der Waals surface area contributed by atoms with Crippen LogP contribution >= 0.6 is 0 Å². The zero-order valence-corrected chi connectivity index (χ0v) is 12.2. The molecule has 0 radical (unpaired) electrons. The lowest BCUT2D eigenvalue weighted by atomic mass is 10.1. The van der Waals surface area contributed by atoms with Gasteiger partial charge in [0.1, 0.15) is 5.76 Å². The summed E-state index contributed by atoms with van der Waals surface area (Å²) in [6.07, 6.45) is 2.72. The van der Waals surface area contributed by atoms with Crippen LogP contribution in [0.25, 0.3) is 0 Å². The standard InChI is InChI=1S/C17H18N2O2/c1-13(16-4-3-11-21-16)19(2)17(20)10-9-14-5-7-15(12-18)8-6-14/h3-8,11,13H,9-10H2,1-2H3. The van der Waals surface area contributed by atoms with Crippen LogP contribution in [0.2, 0.25) is 0 Å². The first-order chi connectivity index (χ1) is 10.1. The number of amides is 1. The van der Waals surface area contributed by atoms with Gasteiger partial charge in [0.15, 0.2) is 0 Å². The van der Waals surface area contributed by atoms with Crippen LogP contribution in [0.5, 0.6) is 0 Å². The Hall–Kier alpha value is -2.54. The van der Waals surface area contributed by atoms with Gasteiger partial charge in [0.2, 0.25) is 5.91 Å². The summed E-state index contributed by atoms with van der Waals surface area (Å²) < 4.78 is 5.33. The van der Waals surface area contributed by atoms with Gasteiger partial charge in [-0.15, -0.1) is 0 Å². The van der Waals surface area contributed by atoms with Crippen LogP contribution < -0.4 is 0 Å². The summed E-state index contributed by atoms with van der Waals surface area (Å²) >= 11 is 0. The molecule has 1 amide bonds. The van der Waals surface area contributed by atoms with E-state index in [1.165, 1.54) is 0 Å². The van der Waals surface area contributed by atoms with Crippen molar-refractivity contribution in [3.63, 3.8) is 0 Å². The Morgan fingerprint density at radius 1 is 1.33 bits per heavy atom. The normalized spacial score (nSPS) is 11.7. The van der Waals surface area contributed by atoms with Crippen molar-refractivity contribution in [3.8, 4) is 6.07 Å². The molecule has 0 aliphatic rings. The largest absolute Gasteiger partial charge is 0.467 e. The zero-order chi connectivity index (χ0) is 15.2. The molecular weight excluding hydrogens is 264 g/mol. The lowest BCUT2D eigenvalue weighted by Crippen LogP contribution is -2.29. The average Bonchev–Trinajstić information content (AvgIpc) is 3.06. The van der Waals surface area contributed by atoms with Crippen LogP contribution in [0.4, 0.5) is 0 Å². The van der Waals surface area contributed by atoms with E-state index in [2.05, 4.69) is 6.07 Å². The fourth-order valence-electron chi connectivity index (χ4n) is 2.11. The molecule has 21 heavy (non-hydrogen) atoms. The SMILES string of the molecule is CC(c1ccco1)N(C)C(=O)CCc1ccc(C#N)cc1. The molecule has 2 aromatic rings. The van der Waals surface area contributed by atoms with E-state index in [0.717, 1.165) is 11.3 Å². The number of hydrogen-bond acceptors (Lipinski definition) is 3. The summed E-state index contributed by atoms with van der Waals surface area (Å²) in [5.74, 6) is 0.854. The minimum Gasteiger partial charge on any atom is -0.467 e. The smallest absolute Gasteiger partial charge is 0.223 e. The van der Waals surface area contributed by atoms with Crippen LogP contribution in [0.15, 0.2) is 47.1 Å². The third-order valence-corrected chi connectivity index (χ3v) is 3.64. The Morgan fingerprint density at radius 2 is 2.05 bits per heavy atom. The van der Waals surface area contributed by atoms with Crippen LogP contribution in [-0.2, 0) is 11.2 Å². The summed E-state index contributed by atoms with van der Waals surface area (Å²) in [7, 11) is 1.79. The molecular formula is C17H18N2O2. The van der Waals surface area contributed by atoms with Gasteiger partial charge >= 0.3 is 0 Å². The molecule has 0 bridgehead atoms. The van der Waals surface area contributed by atoms with Crippen LogP contribution in [0.3, 0.4) is 0 Å². The highest BCUT2D eigenvalue weighted by molar-refractivity contribution is 5.76. The van der Waals surface area contributed by atoms with Gasteiger partial charge in [0, 0.05) is 13.5 Å². The molecule has 108 valence electrons. The molecule has 0 fully saturated rings. The maximum absolute atomic E-state index is 12.2. The molecule has 0 N–H and O–H groups in total. The van der Waals surface area contributed by atoms with E-state index >= 15 is 0 Å². The van der Waals surface area contributed by atoms with Gasteiger partial charge in [0.05, 0.1) is 23.9 Å². The van der Waals surface area contributed by atoms with Gasteiger partial charge in [-0.2, -0.15) is 5.26 Å². The van der Waals surface area contributed by atoms with Crippen molar-refractivity contribution in [2.24, 2.45) is 0 Å². The minimum atomic E-state index is -0.0755. The third-order valence-electron chi connectivity index (χ3n) is 3.64. The molecule has 1 aromatic carbocycles. The second-order valence-electron chi connectivity index (χ2n) is 5.00. The van der Waals surface area contributed by atoms with Gasteiger partial charge in [-0.25, -0.2) is 0 Å². The van der Waals surface area contributed by atoms with Gasteiger partial charge in [-0.3, -0.25) is 4.79 Å². The van der Waals surface area contributed by atoms with Gasteiger partial charge in [-0.05, 0) is 43.2 Å². The molecule has 2 rings (SSSR count). The van der Waals surface area contributed by atoms with Crippen molar-refractivity contribution >= 4 is 5.91 Å². The van der Waals surface area contributed by atoms with E-state index in [-0.39, 0.29) is 11.9 Å². The summed E-state index contributed by atoms with van der Waals surface area (Å²) in [6, 6.07) is 13.0. The molecule has 0 spiro atoms. The van der Waals surface area contributed by atoms with E-state index in [4.69, 9.17) is 9.68 Å². The van der Waals surface area contributed by atoms with E-state index in [1.807, 2.05) is 31.2 Å². The van der Waals surface area contributed by atoms with Crippen LogP contribution in [-0.4, -0.2) is 17.9 Å². The monoisotopic (exact) mass is 282 g/mol. The zero-order valence-electron chi connectivity index (χ0n) is 12.2. The highest BCUT2D eigenvalue weighted by Gasteiger charge is 2.18. The van der Waals surface area contributed by atoms with Crippen LogP contribution in [0, 0.1) is 11.3 Å². The van der Waals surface area contributed by atoms with E-state index < -0.39 is 0 Å². The van der Waals surface area contributed by atoms with Gasteiger partial charge in [-0.1, -0.05) is 12.1 Å². The highest BCUT2D eigenvalue weighted by Crippen LogP contribution is 2.20. The van der Waals surface area contributed by atoms with Crippen molar-refractivity contribution in [1.29, 1.82) is 5.26 Å². The summed E-state index contributed by atoms with van der Waals surface area (Å²) in [5.41, 5.74) is 1.69. The van der Waals surface area contributed by atoms with Gasteiger partial charge < -0.3 is 9.32 Å². The Balaban J connectivity index is 1.90. The second kappa shape index (κ2) is 6.76. The predicted molar refractivity (Wildman–Crippen MR) is 79.4 cm³/mol. The van der Waals surface area contributed by atoms with Crippen LogP contribution in [0.1, 0.15) is 36.3 Å². The minimum absolute atomic E-state index is 0.0725. The number of hydrogen-bond donors (Lipinski definition) is 0. The number of benzene rings is 1. The molecule has 0 saturated heterocycles. The Kier molecular flexibility index (Phi) is 4.78. The molecule has 4 nitrogen and oxygen atoms in total. The highest BCUT2D eigenvalue weighted by atomic mass is 16.3. The Morgan fingerprint density at radius 3 is 2.62 bits per heavy atom. The summed E-state index contributed by atoms with van der Waals surface area (Å²) in [5, 5.41) is 8.75. The molecule has 0 aliphatic heterocycles. The maximum atomic E-state index is 12.2. The first-order valence-electron chi connectivity index (χ1n) is 6.90. The third kappa shape index (κ3) is 3.73. The second-order valence-corrected chi connectivity index (χ2v) is 5.00. The topological polar surface area (TPSA) is 57.2 Å². The summed E-state index contributed by atoms with van der Waals surface area (Å²) in [4.78, 5) is 13.9. The van der Waals surface area contributed by atoms with Crippen molar-refractivity contribution in [2.75, 3.05) is 7.05 Å². The summed E-state index contributed by atoms with van der Waals surface area (Å²) in [6.45, 7) is 1.94. The number of rotatable bonds is 5. The Labute approximate surface area is 124 Å². The van der Waals surface area contributed by atoms with Crippen molar-refractivity contribution < 1.29 is 9.21 Å². The molecule has 1 aromatic heterocycles. The first-order valence-corrected chi connectivity index (χ1v) is 6.90. The van der Waals surface area contributed by atoms with E-state index in [9.17, 15) is 4.79 Å². The lowest BCUT2D eigenvalue weighted by Gasteiger charge is -2.23. The maximum Gasteiger partial charge on any atom is 0.223 e. The molecule has 1 atom stereocenters. The number of furan rings is 1. The molecule has 0 saturated carbocycles. The van der Waals surface area contributed by atoms with Crippen molar-refractivity contribution in [2.45, 2.75) is 25.8 Å². The average molecular weight is 282 g/mol.